The van der Waals surface area contributed by atoms with Gasteiger partial charge >= 0.3 is 0 Å². The van der Waals surface area contributed by atoms with Gasteiger partial charge < -0.3 is 0 Å². The van der Waals surface area contributed by atoms with Gasteiger partial charge in [0, 0.05) is 0 Å². The van der Waals surface area contributed by atoms with Crippen molar-refractivity contribution in [2.45, 2.75) is 52.9 Å². The Hall–Kier alpha value is -1.03. The minimum Gasteiger partial charge on any atom is -0.242 e. The molecule has 0 aliphatic heterocycles. The molecule has 1 heteroatoms. The average molecular weight is 229 g/mol. The fourth-order valence-corrected chi connectivity index (χ4v) is 4.09. The molecule has 2 aliphatic rings. The van der Waals surface area contributed by atoms with Gasteiger partial charge in [-0.3, -0.25) is 0 Å². The lowest BCUT2D eigenvalue weighted by Crippen LogP contribution is -2.31. The molecule has 0 saturated heterocycles. The van der Waals surface area contributed by atoms with Crippen molar-refractivity contribution in [1.82, 2.24) is 0 Å². The van der Waals surface area contributed by atoms with Crippen LogP contribution >= 0.6 is 0 Å². The Morgan fingerprint density at radius 3 is 2.71 bits per heavy atom. The van der Waals surface area contributed by atoms with Crippen LogP contribution in [0.15, 0.2) is 23.4 Å². The maximum Gasteiger partial charge on any atom is 0.167 e. The summed E-state index contributed by atoms with van der Waals surface area (Å²) in [5.41, 5.74) is 4.05. The van der Waals surface area contributed by atoms with E-state index in [0.717, 1.165) is 5.70 Å². The second-order valence-corrected chi connectivity index (χ2v) is 6.29. The first-order valence-electron chi connectivity index (χ1n) is 6.72. The lowest BCUT2D eigenvalue weighted by molar-refractivity contribution is 0.185. The molecule has 0 amide bonds. The van der Waals surface area contributed by atoms with Gasteiger partial charge in [0.25, 0.3) is 0 Å². The molecule has 0 aromatic rings. The van der Waals surface area contributed by atoms with Crippen LogP contribution in [-0.2, 0) is 0 Å². The fourth-order valence-electron chi connectivity index (χ4n) is 4.09. The molecule has 3 unspecified atom stereocenters. The van der Waals surface area contributed by atoms with E-state index >= 15 is 0 Å². The summed E-state index contributed by atoms with van der Waals surface area (Å²) in [6, 6.07) is 0. The summed E-state index contributed by atoms with van der Waals surface area (Å²) in [4.78, 5) is 3.81. The van der Waals surface area contributed by atoms with Crippen molar-refractivity contribution < 1.29 is 0 Å². The third-order valence-electron chi connectivity index (χ3n) is 4.85. The van der Waals surface area contributed by atoms with E-state index in [-0.39, 0.29) is 0 Å². The van der Waals surface area contributed by atoms with Crippen molar-refractivity contribution in [3.63, 3.8) is 0 Å². The molecule has 2 rings (SSSR count). The fraction of sp³-hybridized carbons (Fsp3) is 0.688. The molecule has 92 valence electrons. The molecule has 0 aromatic carbocycles. The zero-order valence-corrected chi connectivity index (χ0v) is 11.3. The molecule has 2 aliphatic carbocycles. The van der Waals surface area contributed by atoms with Gasteiger partial charge in [0.1, 0.15) is 0 Å². The van der Waals surface area contributed by atoms with E-state index in [1.54, 1.807) is 0 Å². The highest BCUT2D eigenvalue weighted by molar-refractivity contribution is 5.28. The standard InChI is InChI=1S/C16H23N/c1-11(2)15(17-5)13-8-10-16(4)9-6-7-12(3)14(13)16/h13-14H,3,6-10H2,1-2,4H3. The summed E-state index contributed by atoms with van der Waals surface area (Å²) in [6.45, 7) is 18.3. The monoisotopic (exact) mass is 229 g/mol. The first kappa shape index (κ1) is 12.4. The van der Waals surface area contributed by atoms with Crippen LogP contribution in [0.5, 0.6) is 0 Å². The molecule has 17 heavy (non-hydrogen) atoms. The number of fused-ring (bicyclic) bond motifs is 1. The van der Waals surface area contributed by atoms with Crippen molar-refractivity contribution >= 4 is 0 Å². The Labute approximate surface area is 105 Å². The van der Waals surface area contributed by atoms with E-state index in [9.17, 15) is 0 Å². The Kier molecular flexibility index (Phi) is 3.17. The second kappa shape index (κ2) is 4.33. The van der Waals surface area contributed by atoms with Crippen molar-refractivity contribution in [2.24, 2.45) is 17.3 Å². The van der Waals surface area contributed by atoms with Crippen LogP contribution < -0.4 is 0 Å². The highest BCUT2D eigenvalue weighted by atomic mass is 14.7. The number of rotatable bonds is 1. The SMILES string of the molecule is [C-]#[N+]C(=C(C)C)C1CCC2(C)CCCC(=C)C12. The molecule has 0 aromatic heterocycles. The lowest BCUT2D eigenvalue weighted by atomic mass is 9.65. The third-order valence-corrected chi connectivity index (χ3v) is 4.85. The van der Waals surface area contributed by atoms with Crippen molar-refractivity contribution in [2.75, 3.05) is 0 Å². The first-order chi connectivity index (χ1) is 7.99. The van der Waals surface area contributed by atoms with Crippen LogP contribution in [0.4, 0.5) is 0 Å². The van der Waals surface area contributed by atoms with Crippen molar-refractivity contribution in [1.29, 1.82) is 0 Å². The Morgan fingerprint density at radius 2 is 2.12 bits per heavy atom. The van der Waals surface area contributed by atoms with Gasteiger partial charge in [-0.05, 0) is 42.9 Å². The largest absolute Gasteiger partial charge is 0.242 e. The van der Waals surface area contributed by atoms with Crippen LogP contribution in [0.1, 0.15) is 52.9 Å². The van der Waals surface area contributed by atoms with Crippen LogP contribution in [0, 0.1) is 23.8 Å². The molecule has 0 heterocycles. The van der Waals surface area contributed by atoms with Gasteiger partial charge in [-0.1, -0.05) is 44.9 Å². The van der Waals surface area contributed by atoms with Gasteiger partial charge in [-0.15, -0.1) is 0 Å². The van der Waals surface area contributed by atoms with Crippen molar-refractivity contribution in [3.05, 3.63) is 34.8 Å². The van der Waals surface area contributed by atoms with Crippen LogP contribution in [0.2, 0.25) is 0 Å². The highest BCUT2D eigenvalue weighted by Crippen LogP contribution is 2.58. The van der Waals surface area contributed by atoms with Crippen LogP contribution in [0.25, 0.3) is 4.85 Å². The Balaban J connectivity index is 2.37. The van der Waals surface area contributed by atoms with Crippen LogP contribution in [0.3, 0.4) is 0 Å². The number of nitrogens with zero attached hydrogens (tertiary/aromatic N) is 1. The summed E-state index contributed by atoms with van der Waals surface area (Å²) in [6.07, 6.45) is 6.24. The van der Waals surface area contributed by atoms with Gasteiger partial charge in [0.05, 0.1) is 6.57 Å². The van der Waals surface area contributed by atoms with Crippen LogP contribution in [-0.4, -0.2) is 0 Å². The number of hydrogen-bond donors (Lipinski definition) is 0. The highest BCUT2D eigenvalue weighted by Gasteiger charge is 2.49. The average Bonchev–Trinajstić information content (AvgIpc) is 2.58. The Morgan fingerprint density at radius 1 is 1.41 bits per heavy atom. The molecule has 2 saturated carbocycles. The van der Waals surface area contributed by atoms with Gasteiger partial charge in [-0.2, -0.15) is 0 Å². The zero-order chi connectivity index (χ0) is 12.6. The molecule has 1 nitrogen and oxygen atoms in total. The summed E-state index contributed by atoms with van der Waals surface area (Å²) < 4.78 is 0. The summed E-state index contributed by atoms with van der Waals surface area (Å²) >= 11 is 0. The maximum absolute atomic E-state index is 7.43. The molecule has 0 radical (unpaired) electrons. The first-order valence-corrected chi connectivity index (χ1v) is 6.72. The Bertz CT molecular complexity index is 406. The summed E-state index contributed by atoms with van der Waals surface area (Å²) in [5.74, 6) is 1.02. The van der Waals surface area contributed by atoms with E-state index < -0.39 is 0 Å². The topological polar surface area (TPSA) is 4.36 Å². The second-order valence-electron chi connectivity index (χ2n) is 6.29. The molecule has 0 N–H and O–H groups in total. The minimum atomic E-state index is 0.422. The van der Waals surface area contributed by atoms with Crippen molar-refractivity contribution in [3.8, 4) is 0 Å². The molecule has 2 fully saturated rings. The third kappa shape index (κ3) is 1.95. The number of allylic oxidation sites excluding steroid dienone is 3. The number of hydrogen-bond acceptors (Lipinski definition) is 0. The van der Waals surface area contributed by atoms with Gasteiger partial charge in [0.2, 0.25) is 0 Å². The lowest BCUT2D eigenvalue weighted by Gasteiger charge is -2.40. The van der Waals surface area contributed by atoms with E-state index in [2.05, 4.69) is 32.2 Å². The van der Waals surface area contributed by atoms with E-state index in [1.807, 2.05) is 0 Å². The minimum absolute atomic E-state index is 0.422. The normalized spacial score (nSPS) is 36.2. The quantitative estimate of drug-likeness (QED) is 0.441. The van der Waals surface area contributed by atoms with Gasteiger partial charge in [-0.25, -0.2) is 4.85 Å². The van der Waals surface area contributed by atoms with Gasteiger partial charge in [0.15, 0.2) is 5.70 Å². The van der Waals surface area contributed by atoms with E-state index in [4.69, 9.17) is 6.57 Å². The smallest absolute Gasteiger partial charge is 0.167 e. The zero-order valence-electron chi connectivity index (χ0n) is 11.3. The van der Waals surface area contributed by atoms with E-state index in [0.29, 0.717) is 17.3 Å². The summed E-state index contributed by atoms with van der Waals surface area (Å²) in [5, 5.41) is 0. The molecular weight excluding hydrogens is 206 g/mol. The predicted molar refractivity (Wildman–Crippen MR) is 72.3 cm³/mol. The maximum atomic E-state index is 7.43. The summed E-state index contributed by atoms with van der Waals surface area (Å²) in [7, 11) is 0. The molecule has 0 spiro atoms. The van der Waals surface area contributed by atoms with E-state index in [1.165, 1.54) is 43.3 Å². The predicted octanol–water partition coefficient (Wildman–Crippen LogP) is 4.97. The molecule has 0 bridgehead atoms. The molecule has 3 atom stereocenters. The molecular formula is C16H23N.